The van der Waals surface area contributed by atoms with Gasteiger partial charge >= 0.3 is 0 Å². The Hall–Kier alpha value is -4.85. The monoisotopic (exact) mass is 449 g/mol. The number of amides is 1. The van der Waals surface area contributed by atoms with Gasteiger partial charge in [0.15, 0.2) is 0 Å². The average Bonchev–Trinajstić information content (AvgIpc) is 3.49. The maximum absolute atomic E-state index is 13.0. The molecule has 8 heteroatoms. The van der Waals surface area contributed by atoms with E-state index in [9.17, 15) is 14.9 Å². The first kappa shape index (κ1) is 21.0. The van der Waals surface area contributed by atoms with Crippen LogP contribution in [-0.2, 0) is 4.79 Å². The molecule has 166 valence electrons. The zero-order chi connectivity index (χ0) is 23.5. The Morgan fingerprint density at radius 3 is 2.65 bits per heavy atom. The third-order valence-electron chi connectivity index (χ3n) is 5.51. The van der Waals surface area contributed by atoms with E-state index in [-0.39, 0.29) is 11.6 Å². The molecule has 0 aliphatic carbocycles. The highest BCUT2D eigenvalue weighted by Crippen LogP contribution is 2.38. The molecular formula is C26H19N5O3. The molecule has 0 saturated heterocycles. The molecule has 0 spiro atoms. The number of H-pyrrole nitrogens is 1. The van der Waals surface area contributed by atoms with Crippen molar-refractivity contribution in [3.05, 3.63) is 118 Å². The summed E-state index contributed by atoms with van der Waals surface area (Å²) in [6, 6.07) is 21.4. The van der Waals surface area contributed by atoms with Crippen molar-refractivity contribution in [2.75, 3.05) is 5.32 Å². The van der Waals surface area contributed by atoms with E-state index < -0.39 is 10.8 Å². The molecule has 8 nitrogen and oxygen atoms in total. The molecular weight excluding hydrogens is 430 g/mol. The minimum Gasteiger partial charge on any atom is -0.345 e. The van der Waals surface area contributed by atoms with Gasteiger partial charge in [0, 0.05) is 23.4 Å². The first-order valence-corrected chi connectivity index (χ1v) is 10.6. The highest BCUT2D eigenvalue weighted by molar-refractivity contribution is 6.24. The number of rotatable bonds is 6. The largest absolute Gasteiger partial charge is 0.345 e. The van der Waals surface area contributed by atoms with Crippen molar-refractivity contribution in [2.24, 2.45) is 4.99 Å². The summed E-state index contributed by atoms with van der Waals surface area (Å²) in [6.45, 7) is 0. The van der Waals surface area contributed by atoms with Gasteiger partial charge in [0.1, 0.15) is 5.92 Å². The van der Waals surface area contributed by atoms with Crippen molar-refractivity contribution >= 4 is 40.8 Å². The summed E-state index contributed by atoms with van der Waals surface area (Å²) >= 11 is 0. The van der Waals surface area contributed by atoms with Crippen molar-refractivity contribution in [3.63, 3.8) is 0 Å². The van der Waals surface area contributed by atoms with E-state index in [2.05, 4.69) is 15.3 Å². The Balaban J connectivity index is 1.59. The van der Waals surface area contributed by atoms with E-state index in [1.165, 1.54) is 12.1 Å². The van der Waals surface area contributed by atoms with Crippen LogP contribution in [-0.4, -0.2) is 26.5 Å². The third-order valence-corrected chi connectivity index (χ3v) is 5.51. The number of carbonyl (C=O) groups is 1. The Labute approximate surface area is 194 Å². The number of benzene rings is 3. The number of hydrogen-bond donors (Lipinski definition) is 2. The lowest BCUT2D eigenvalue weighted by Crippen LogP contribution is -2.22. The summed E-state index contributed by atoms with van der Waals surface area (Å²) in [6.07, 6.45) is 7.19. The number of aliphatic imine (C=N–C) groups is 1. The van der Waals surface area contributed by atoms with Crippen LogP contribution in [0.5, 0.6) is 0 Å². The van der Waals surface area contributed by atoms with E-state index in [1.54, 1.807) is 18.6 Å². The second-order valence-corrected chi connectivity index (χ2v) is 7.75. The van der Waals surface area contributed by atoms with Crippen molar-refractivity contribution in [3.8, 4) is 0 Å². The third kappa shape index (κ3) is 4.24. The molecule has 1 aromatic heterocycles. The van der Waals surface area contributed by atoms with Gasteiger partial charge in [0.25, 0.3) is 5.69 Å². The SMILES string of the molecule is O=C1Nc2ccc([N+](=O)[O-])cc2C1C(=Nc1cccc(C=Cc2cnc[nH]2)c1)c1ccccc1. The van der Waals surface area contributed by atoms with E-state index in [0.29, 0.717) is 22.6 Å². The summed E-state index contributed by atoms with van der Waals surface area (Å²) in [4.78, 5) is 35.8. The number of aromatic nitrogens is 2. The maximum Gasteiger partial charge on any atom is 0.269 e. The van der Waals surface area contributed by atoms with Gasteiger partial charge in [-0.05, 0) is 35.4 Å². The van der Waals surface area contributed by atoms with Crippen LogP contribution in [0.3, 0.4) is 0 Å². The van der Waals surface area contributed by atoms with Crippen LogP contribution in [0.25, 0.3) is 12.2 Å². The molecule has 1 aliphatic heterocycles. The lowest BCUT2D eigenvalue weighted by molar-refractivity contribution is -0.384. The summed E-state index contributed by atoms with van der Waals surface area (Å²) in [5, 5.41) is 14.2. The summed E-state index contributed by atoms with van der Waals surface area (Å²) < 4.78 is 0. The molecule has 0 saturated carbocycles. The van der Waals surface area contributed by atoms with Gasteiger partial charge in [-0.2, -0.15) is 0 Å². The van der Waals surface area contributed by atoms with Gasteiger partial charge in [-0.1, -0.05) is 48.5 Å². The first-order valence-electron chi connectivity index (χ1n) is 10.6. The molecule has 1 amide bonds. The number of hydrogen-bond acceptors (Lipinski definition) is 5. The predicted octanol–water partition coefficient (Wildman–Crippen LogP) is 5.35. The van der Waals surface area contributed by atoms with Crippen molar-refractivity contribution in [2.45, 2.75) is 5.92 Å². The fraction of sp³-hybridized carbons (Fsp3) is 0.0385. The number of nitro benzene ring substituents is 1. The van der Waals surface area contributed by atoms with Crippen LogP contribution < -0.4 is 5.32 Å². The van der Waals surface area contributed by atoms with Crippen LogP contribution in [0, 0.1) is 10.1 Å². The van der Waals surface area contributed by atoms with E-state index in [0.717, 1.165) is 16.8 Å². The highest BCUT2D eigenvalue weighted by Gasteiger charge is 2.36. The minimum absolute atomic E-state index is 0.0707. The topological polar surface area (TPSA) is 113 Å². The number of aromatic amines is 1. The second-order valence-electron chi connectivity index (χ2n) is 7.75. The first-order chi connectivity index (χ1) is 16.6. The molecule has 5 rings (SSSR count). The molecule has 34 heavy (non-hydrogen) atoms. The Bertz CT molecular complexity index is 1430. The maximum atomic E-state index is 13.0. The molecule has 2 heterocycles. The van der Waals surface area contributed by atoms with Crippen LogP contribution in [0.4, 0.5) is 17.1 Å². The molecule has 4 aromatic rings. The standard InChI is InChI=1S/C26H19N5O3/c32-26-24(22-14-21(31(33)34)11-12-23(22)30-26)25(18-6-2-1-3-7-18)29-19-8-4-5-17(13-19)9-10-20-15-27-16-28-20/h1-16,24H,(H,27,28)(H,30,32). The molecule has 1 aliphatic rings. The number of nitrogens with zero attached hydrogens (tertiary/aromatic N) is 3. The number of non-ortho nitro benzene ring substituents is 1. The zero-order valence-electron chi connectivity index (χ0n) is 17.9. The number of anilines is 1. The van der Waals surface area contributed by atoms with Crippen LogP contribution in [0.15, 0.2) is 90.3 Å². The van der Waals surface area contributed by atoms with Gasteiger partial charge in [-0.25, -0.2) is 4.98 Å². The van der Waals surface area contributed by atoms with Crippen molar-refractivity contribution in [1.82, 2.24) is 9.97 Å². The van der Waals surface area contributed by atoms with E-state index in [1.807, 2.05) is 66.7 Å². The van der Waals surface area contributed by atoms with Crippen LogP contribution in [0.2, 0.25) is 0 Å². The van der Waals surface area contributed by atoms with Gasteiger partial charge in [0.05, 0.1) is 34.5 Å². The fourth-order valence-corrected chi connectivity index (χ4v) is 3.92. The lowest BCUT2D eigenvalue weighted by atomic mass is 9.90. The Morgan fingerprint density at radius 2 is 1.88 bits per heavy atom. The zero-order valence-corrected chi connectivity index (χ0v) is 17.9. The number of carbonyl (C=O) groups excluding carboxylic acids is 1. The van der Waals surface area contributed by atoms with Crippen LogP contribution >= 0.6 is 0 Å². The molecule has 3 aromatic carbocycles. The molecule has 1 unspecified atom stereocenters. The number of nitro groups is 1. The molecule has 0 fully saturated rings. The number of nitrogens with one attached hydrogen (secondary N) is 2. The molecule has 0 radical (unpaired) electrons. The normalized spacial score (nSPS) is 15.4. The smallest absolute Gasteiger partial charge is 0.269 e. The molecule has 0 bridgehead atoms. The van der Waals surface area contributed by atoms with Crippen molar-refractivity contribution < 1.29 is 9.72 Å². The fourth-order valence-electron chi connectivity index (χ4n) is 3.92. The summed E-state index contributed by atoms with van der Waals surface area (Å²) in [5.41, 5.74) is 4.77. The van der Waals surface area contributed by atoms with E-state index >= 15 is 0 Å². The minimum atomic E-state index is -0.776. The summed E-state index contributed by atoms with van der Waals surface area (Å²) in [7, 11) is 0. The average molecular weight is 449 g/mol. The summed E-state index contributed by atoms with van der Waals surface area (Å²) in [5.74, 6) is -1.05. The predicted molar refractivity (Wildman–Crippen MR) is 131 cm³/mol. The van der Waals surface area contributed by atoms with Crippen molar-refractivity contribution in [1.29, 1.82) is 0 Å². The molecule has 2 N–H and O–H groups in total. The Kier molecular flexibility index (Phi) is 5.53. The van der Waals surface area contributed by atoms with Gasteiger partial charge in [-0.15, -0.1) is 0 Å². The quantitative estimate of drug-likeness (QED) is 0.235. The lowest BCUT2D eigenvalue weighted by Gasteiger charge is -2.14. The Morgan fingerprint density at radius 1 is 1.03 bits per heavy atom. The highest BCUT2D eigenvalue weighted by atomic mass is 16.6. The van der Waals surface area contributed by atoms with Crippen LogP contribution in [0.1, 0.15) is 28.3 Å². The van der Waals surface area contributed by atoms with Gasteiger partial charge in [0.2, 0.25) is 5.91 Å². The van der Waals surface area contributed by atoms with Gasteiger partial charge < -0.3 is 10.3 Å². The number of fused-ring (bicyclic) bond motifs is 1. The second kappa shape index (κ2) is 8.95. The molecule has 1 atom stereocenters. The number of imidazole rings is 1. The van der Waals surface area contributed by atoms with E-state index in [4.69, 9.17) is 4.99 Å². The van der Waals surface area contributed by atoms with Gasteiger partial charge in [-0.3, -0.25) is 19.9 Å².